The molecule has 4 heteroatoms. The van der Waals surface area contributed by atoms with Crippen molar-refractivity contribution in [2.24, 2.45) is 0 Å². The minimum atomic E-state index is 0.0652. The smallest absolute Gasteiger partial charge is 0.150 e. The van der Waals surface area contributed by atoms with Crippen LogP contribution in [-0.4, -0.2) is 34.8 Å². The Bertz CT molecular complexity index is 277. The third kappa shape index (κ3) is 2.15. The molecular formula is C9H15N3O. The van der Waals surface area contributed by atoms with Crippen molar-refractivity contribution >= 4 is 5.82 Å². The molecule has 72 valence electrons. The molecule has 1 heterocycles. The van der Waals surface area contributed by atoms with Crippen LogP contribution in [0.1, 0.15) is 12.6 Å². The van der Waals surface area contributed by atoms with Gasteiger partial charge >= 0.3 is 0 Å². The molecule has 0 aromatic carbocycles. The minimum absolute atomic E-state index is 0.0652. The van der Waals surface area contributed by atoms with Crippen molar-refractivity contribution in [1.29, 1.82) is 0 Å². The van der Waals surface area contributed by atoms with Gasteiger partial charge in [-0.2, -0.15) is 0 Å². The van der Waals surface area contributed by atoms with E-state index >= 15 is 0 Å². The van der Waals surface area contributed by atoms with Crippen molar-refractivity contribution in [3.8, 4) is 0 Å². The molecule has 1 aromatic rings. The maximum absolute atomic E-state index is 8.97. The average molecular weight is 181 g/mol. The molecule has 0 aliphatic carbocycles. The second kappa shape index (κ2) is 4.18. The highest BCUT2D eigenvalue weighted by Crippen LogP contribution is 2.13. The molecule has 0 amide bonds. The zero-order chi connectivity index (χ0) is 9.84. The molecule has 0 spiro atoms. The summed E-state index contributed by atoms with van der Waals surface area (Å²) in [7, 11) is 1.90. The second-order valence-electron chi connectivity index (χ2n) is 3.11. The zero-order valence-electron chi connectivity index (χ0n) is 8.23. The molecule has 1 unspecified atom stereocenters. The lowest BCUT2D eigenvalue weighted by molar-refractivity contribution is 0.269. The predicted octanol–water partition coefficient (Wildman–Crippen LogP) is 0.602. The van der Waals surface area contributed by atoms with E-state index in [1.165, 1.54) is 0 Å². The molecule has 0 bridgehead atoms. The van der Waals surface area contributed by atoms with E-state index in [1.54, 1.807) is 12.4 Å². The van der Waals surface area contributed by atoms with Crippen LogP contribution in [0, 0.1) is 6.92 Å². The Kier molecular flexibility index (Phi) is 3.19. The van der Waals surface area contributed by atoms with Crippen molar-refractivity contribution in [2.45, 2.75) is 19.9 Å². The monoisotopic (exact) mass is 181 g/mol. The molecule has 0 fully saturated rings. The van der Waals surface area contributed by atoms with Gasteiger partial charge in [0.25, 0.3) is 0 Å². The number of hydrogen-bond acceptors (Lipinski definition) is 4. The molecule has 13 heavy (non-hydrogen) atoms. The van der Waals surface area contributed by atoms with Crippen LogP contribution in [0.15, 0.2) is 12.4 Å². The summed E-state index contributed by atoms with van der Waals surface area (Å²) in [5, 5.41) is 8.97. The highest BCUT2D eigenvalue weighted by molar-refractivity contribution is 5.42. The number of aliphatic hydroxyl groups is 1. The number of aliphatic hydroxyl groups excluding tert-OH is 1. The number of likely N-dealkylation sites (N-methyl/N-ethyl adjacent to an activating group) is 1. The Hall–Kier alpha value is -1.16. The molecule has 0 radical (unpaired) electrons. The molecule has 1 rings (SSSR count). The van der Waals surface area contributed by atoms with Crippen molar-refractivity contribution in [2.75, 3.05) is 18.6 Å². The molecule has 1 aromatic heterocycles. The molecule has 1 atom stereocenters. The van der Waals surface area contributed by atoms with E-state index in [2.05, 4.69) is 9.97 Å². The van der Waals surface area contributed by atoms with Gasteiger partial charge in [-0.25, -0.2) is 4.98 Å². The molecule has 4 nitrogen and oxygen atoms in total. The summed E-state index contributed by atoms with van der Waals surface area (Å²) in [6.07, 6.45) is 3.32. The van der Waals surface area contributed by atoms with Crippen molar-refractivity contribution < 1.29 is 5.11 Å². The lowest BCUT2D eigenvalue weighted by atomic mass is 10.3. The Morgan fingerprint density at radius 1 is 1.46 bits per heavy atom. The van der Waals surface area contributed by atoms with Crippen molar-refractivity contribution in [3.05, 3.63) is 18.1 Å². The summed E-state index contributed by atoms with van der Waals surface area (Å²) < 4.78 is 0. The minimum Gasteiger partial charge on any atom is -0.394 e. The standard InChI is InChI=1S/C9H15N3O/c1-7(6-13)12(3)9-8(2)10-4-5-11-9/h4-5,7,13H,6H2,1-3H3. The van der Waals surface area contributed by atoms with Crippen LogP contribution in [0.3, 0.4) is 0 Å². The maximum atomic E-state index is 8.97. The van der Waals surface area contributed by atoms with E-state index in [0.29, 0.717) is 0 Å². The van der Waals surface area contributed by atoms with E-state index in [9.17, 15) is 0 Å². The fraction of sp³-hybridized carbons (Fsp3) is 0.556. The van der Waals surface area contributed by atoms with Crippen LogP contribution in [-0.2, 0) is 0 Å². The summed E-state index contributed by atoms with van der Waals surface area (Å²) in [5.41, 5.74) is 0.880. The summed E-state index contributed by atoms with van der Waals surface area (Å²) in [5.74, 6) is 0.823. The Morgan fingerprint density at radius 2 is 2.08 bits per heavy atom. The van der Waals surface area contributed by atoms with E-state index in [1.807, 2.05) is 25.8 Å². The first-order chi connectivity index (χ1) is 6.16. The van der Waals surface area contributed by atoms with Crippen molar-refractivity contribution in [3.63, 3.8) is 0 Å². The normalized spacial score (nSPS) is 12.6. The summed E-state index contributed by atoms with van der Waals surface area (Å²) in [6, 6.07) is 0.0652. The second-order valence-corrected chi connectivity index (χ2v) is 3.11. The average Bonchev–Trinajstić information content (AvgIpc) is 2.16. The van der Waals surface area contributed by atoms with Gasteiger partial charge < -0.3 is 10.0 Å². The van der Waals surface area contributed by atoms with Gasteiger partial charge in [0.2, 0.25) is 0 Å². The van der Waals surface area contributed by atoms with Gasteiger partial charge in [-0.15, -0.1) is 0 Å². The van der Waals surface area contributed by atoms with Crippen LogP contribution in [0.2, 0.25) is 0 Å². The quantitative estimate of drug-likeness (QED) is 0.742. The fourth-order valence-corrected chi connectivity index (χ4v) is 1.08. The topological polar surface area (TPSA) is 49.2 Å². The number of rotatable bonds is 3. The predicted molar refractivity (Wildman–Crippen MR) is 51.7 cm³/mol. The fourth-order valence-electron chi connectivity index (χ4n) is 1.08. The molecule has 0 saturated carbocycles. The summed E-state index contributed by atoms with van der Waals surface area (Å²) >= 11 is 0. The number of aryl methyl sites for hydroxylation is 1. The van der Waals surface area contributed by atoms with Crippen LogP contribution >= 0.6 is 0 Å². The lowest BCUT2D eigenvalue weighted by Gasteiger charge is -2.24. The van der Waals surface area contributed by atoms with Gasteiger partial charge in [0.05, 0.1) is 18.3 Å². The molecular weight excluding hydrogens is 166 g/mol. The first-order valence-corrected chi connectivity index (χ1v) is 4.28. The third-order valence-electron chi connectivity index (χ3n) is 2.11. The molecule has 0 saturated heterocycles. The lowest BCUT2D eigenvalue weighted by Crippen LogP contribution is -2.33. The van der Waals surface area contributed by atoms with Crippen LogP contribution < -0.4 is 4.90 Å². The highest BCUT2D eigenvalue weighted by Gasteiger charge is 2.11. The van der Waals surface area contributed by atoms with Crippen LogP contribution in [0.5, 0.6) is 0 Å². The van der Waals surface area contributed by atoms with E-state index in [0.717, 1.165) is 11.5 Å². The first-order valence-electron chi connectivity index (χ1n) is 4.28. The number of aromatic nitrogens is 2. The SMILES string of the molecule is Cc1nccnc1N(C)C(C)CO. The third-order valence-corrected chi connectivity index (χ3v) is 2.11. The van der Waals surface area contributed by atoms with E-state index in [4.69, 9.17) is 5.11 Å². The number of anilines is 1. The summed E-state index contributed by atoms with van der Waals surface area (Å²) in [6.45, 7) is 3.96. The van der Waals surface area contributed by atoms with E-state index < -0.39 is 0 Å². The van der Waals surface area contributed by atoms with Gasteiger partial charge in [-0.1, -0.05) is 0 Å². The largest absolute Gasteiger partial charge is 0.394 e. The number of hydrogen-bond donors (Lipinski definition) is 1. The number of nitrogens with zero attached hydrogens (tertiary/aromatic N) is 3. The Balaban J connectivity index is 2.88. The molecule has 0 aliphatic heterocycles. The molecule has 1 N–H and O–H groups in total. The summed E-state index contributed by atoms with van der Waals surface area (Å²) in [4.78, 5) is 10.2. The zero-order valence-corrected chi connectivity index (χ0v) is 8.23. The van der Waals surface area contributed by atoms with Gasteiger partial charge in [0.15, 0.2) is 0 Å². The van der Waals surface area contributed by atoms with Crippen LogP contribution in [0.25, 0.3) is 0 Å². The maximum Gasteiger partial charge on any atom is 0.150 e. The van der Waals surface area contributed by atoms with Crippen molar-refractivity contribution in [1.82, 2.24) is 9.97 Å². The Morgan fingerprint density at radius 3 is 2.62 bits per heavy atom. The highest BCUT2D eigenvalue weighted by atomic mass is 16.3. The molecule has 0 aliphatic rings. The van der Waals surface area contributed by atoms with Gasteiger partial charge in [-0.05, 0) is 13.8 Å². The van der Waals surface area contributed by atoms with Crippen LogP contribution in [0.4, 0.5) is 5.82 Å². The first kappa shape index (κ1) is 9.92. The van der Waals surface area contributed by atoms with Gasteiger partial charge in [0.1, 0.15) is 5.82 Å². The Labute approximate surface area is 78.2 Å². The van der Waals surface area contributed by atoms with E-state index in [-0.39, 0.29) is 12.6 Å². The van der Waals surface area contributed by atoms with Gasteiger partial charge in [0, 0.05) is 19.4 Å². The van der Waals surface area contributed by atoms with Gasteiger partial charge in [-0.3, -0.25) is 4.98 Å².